The van der Waals surface area contributed by atoms with Crippen LogP contribution in [0.1, 0.15) is 36.7 Å². The maximum atomic E-state index is 15.1. The lowest BCUT2D eigenvalue weighted by molar-refractivity contribution is 0.0694. The summed E-state index contributed by atoms with van der Waals surface area (Å²) in [5.41, 5.74) is 4.64. The van der Waals surface area contributed by atoms with E-state index in [0.717, 1.165) is 12.3 Å². The molecular formula is C20H23F2N5O4. The Kier molecular flexibility index (Phi) is 5.16. The lowest BCUT2D eigenvalue weighted by atomic mass is 9.88. The molecule has 0 aromatic carbocycles. The predicted octanol–water partition coefficient (Wildman–Crippen LogP) is 1.69. The SMILES string of the molecule is CCO/N=C1\CN(c2nc3c(cc2F)c(=O)c(C(=O)O)cn3[C@@H]2C[C@@H]2F)CC1(C)CN. The first-order valence-corrected chi connectivity index (χ1v) is 9.97. The van der Waals surface area contributed by atoms with Crippen molar-refractivity contribution in [2.75, 3.05) is 31.1 Å². The molecule has 0 radical (unpaired) electrons. The van der Waals surface area contributed by atoms with Crippen LogP contribution in [0.2, 0.25) is 0 Å². The Morgan fingerprint density at radius 3 is 2.81 bits per heavy atom. The summed E-state index contributed by atoms with van der Waals surface area (Å²) in [5, 5.41) is 13.2. The summed E-state index contributed by atoms with van der Waals surface area (Å²) in [6.45, 7) is 4.84. The Bertz CT molecular complexity index is 1150. The minimum Gasteiger partial charge on any atom is -0.477 e. The van der Waals surface area contributed by atoms with Crippen LogP contribution >= 0.6 is 0 Å². The fraction of sp³-hybridized carbons (Fsp3) is 0.500. The molecule has 0 bridgehead atoms. The van der Waals surface area contributed by atoms with Crippen LogP contribution in [0.15, 0.2) is 22.2 Å². The number of carboxylic acid groups (broad SMARTS) is 1. The number of oxime groups is 1. The number of aromatic nitrogens is 2. The van der Waals surface area contributed by atoms with Gasteiger partial charge in [-0.15, -0.1) is 0 Å². The van der Waals surface area contributed by atoms with E-state index in [1.807, 2.05) is 6.92 Å². The molecule has 0 spiro atoms. The van der Waals surface area contributed by atoms with E-state index in [-0.39, 0.29) is 36.4 Å². The van der Waals surface area contributed by atoms with Crippen molar-refractivity contribution in [3.8, 4) is 0 Å². The molecule has 31 heavy (non-hydrogen) atoms. The summed E-state index contributed by atoms with van der Waals surface area (Å²) in [4.78, 5) is 35.2. The smallest absolute Gasteiger partial charge is 0.341 e. The van der Waals surface area contributed by atoms with Gasteiger partial charge in [0.1, 0.15) is 24.0 Å². The maximum Gasteiger partial charge on any atom is 0.341 e. The zero-order valence-electron chi connectivity index (χ0n) is 17.1. The lowest BCUT2D eigenvalue weighted by Gasteiger charge is -2.23. The number of nitrogens with zero attached hydrogens (tertiary/aromatic N) is 4. The number of hydrogen-bond donors (Lipinski definition) is 2. The third kappa shape index (κ3) is 3.52. The number of carbonyl (C=O) groups is 1. The molecular weight excluding hydrogens is 412 g/mol. The highest BCUT2D eigenvalue weighted by molar-refractivity contribution is 5.97. The fourth-order valence-corrected chi connectivity index (χ4v) is 3.86. The van der Waals surface area contributed by atoms with Gasteiger partial charge in [0, 0.05) is 31.1 Å². The van der Waals surface area contributed by atoms with Gasteiger partial charge in [-0.3, -0.25) is 4.79 Å². The molecule has 2 aliphatic rings. The van der Waals surface area contributed by atoms with E-state index < -0.39 is 40.4 Å². The summed E-state index contributed by atoms with van der Waals surface area (Å²) in [7, 11) is 0. The van der Waals surface area contributed by atoms with Gasteiger partial charge in [-0.1, -0.05) is 12.1 Å². The topological polar surface area (TPSA) is 123 Å². The third-order valence-corrected chi connectivity index (χ3v) is 5.84. The number of aromatic carboxylic acids is 1. The van der Waals surface area contributed by atoms with E-state index in [9.17, 15) is 19.1 Å². The van der Waals surface area contributed by atoms with Gasteiger partial charge < -0.3 is 25.1 Å². The quantitative estimate of drug-likeness (QED) is 0.662. The van der Waals surface area contributed by atoms with Crippen LogP contribution in [0.3, 0.4) is 0 Å². The largest absolute Gasteiger partial charge is 0.477 e. The van der Waals surface area contributed by atoms with Crippen molar-refractivity contribution >= 4 is 28.5 Å². The van der Waals surface area contributed by atoms with Gasteiger partial charge >= 0.3 is 5.97 Å². The van der Waals surface area contributed by atoms with Crippen molar-refractivity contribution < 1.29 is 23.5 Å². The molecule has 2 fully saturated rings. The van der Waals surface area contributed by atoms with Crippen LogP contribution < -0.4 is 16.1 Å². The normalized spacial score (nSPS) is 26.6. The minimum atomic E-state index is -1.46. The van der Waals surface area contributed by atoms with Gasteiger partial charge in [0.2, 0.25) is 5.43 Å². The molecule has 2 aromatic heterocycles. The molecule has 1 aliphatic heterocycles. The van der Waals surface area contributed by atoms with Gasteiger partial charge in [0.25, 0.3) is 0 Å². The molecule has 11 heteroatoms. The molecule has 1 saturated heterocycles. The van der Waals surface area contributed by atoms with Crippen LogP contribution in [-0.4, -0.2) is 58.8 Å². The van der Waals surface area contributed by atoms with Crippen molar-refractivity contribution in [3.05, 3.63) is 33.9 Å². The number of fused-ring (bicyclic) bond motifs is 1. The van der Waals surface area contributed by atoms with E-state index in [1.165, 1.54) is 4.57 Å². The average Bonchev–Trinajstić information content (AvgIpc) is 3.36. The lowest BCUT2D eigenvalue weighted by Crippen LogP contribution is -2.36. The van der Waals surface area contributed by atoms with Crippen molar-refractivity contribution in [2.24, 2.45) is 16.3 Å². The van der Waals surface area contributed by atoms with Crippen molar-refractivity contribution in [2.45, 2.75) is 32.5 Å². The first kappa shape index (κ1) is 21.2. The third-order valence-electron chi connectivity index (χ3n) is 5.84. The van der Waals surface area contributed by atoms with E-state index in [2.05, 4.69) is 10.1 Å². The van der Waals surface area contributed by atoms with Gasteiger partial charge in [0.15, 0.2) is 11.6 Å². The first-order chi connectivity index (χ1) is 14.7. The number of pyridine rings is 2. The van der Waals surface area contributed by atoms with Crippen LogP contribution in [0.5, 0.6) is 0 Å². The molecule has 4 rings (SSSR count). The fourth-order valence-electron chi connectivity index (χ4n) is 3.86. The molecule has 1 unspecified atom stereocenters. The van der Waals surface area contributed by atoms with Crippen molar-refractivity contribution in [3.63, 3.8) is 0 Å². The van der Waals surface area contributed by atoms with E-state index in [1.54, 1.807) is 11.8 Å². The van der Waals surface area contributed by atoms with Crippen LogP contribution in [0.25, 0.3) is 11.0 Å². The van der Waals surface area contributed by atoms with E-state index in [0.29, 0.717) is 18.9 Å². The predicted molar refractivity (Wildman–Crippen MR) is 110 cm³/mol. The van der Waals surface area contributed by atoms with Crippen LogP contribution in [-0.2, 0) is 4.84 Å². The second-order valence-corrected chi connectivity index (χ2v) is 8.14. The Morgan fingerprint density at radius 2 is 2.23 bits per heavy atom. The zero-order valence-corrected chi connectivity index (χ0v) is 17.1. The van der Waals surface area contributed by atoms with Gasteiger partial charge in [0.05, 0.1) is 23.7 Å². The maximum absolute atomic E-state index is 15.1. The van der Waals surface area contributed by atoms with Crippen LogP contribution in [0, 0.1) is 11.2 Å². The molecule has 1 saturated carbocycles. The molecule has 2 aromatic rings. The summed E-state index contributed by atoms with van der Waals surface area (Å²) < 4.78 is 30.2. The molecule has 3 atom stereocenters. The number of rotatable bonds is 6. The molecule has 1 aliphatic carbocycles. The second kappa shape index (κ2) is 7.56. The van der Waals surface area contributed by atoms with E-state index in [4.69, 9.17) is 10.6 Å². The van der Waals surface area contributed by atoms with E-state index >= 15 is 4.39 Å². The minimum absolute atomic E-state index is 0.0406. The van der Waals surface area contributed by atoms with Crippen LogP contribution in [0.4, 0.5) is 14.6 Å². The Labute approximate surface area is 176 Å². The number of anilines is 1. The standard InChI is InChI=1S/C20H23F2N5O4/c1-3-31-25-15-7-26(9-20(15,2)8-23)18-13(22)4-10-16(28)11(19(29)30)6-27(17(10)24-18)14-5-12(14)21/h4,6,12,14H,3,5,7-9,23H2,1-2H3,(H,29,30)/b25-15+/t12-,14+,20?/m0/s1. The summed E-state index contributed by atoms with van der Waals surface area (Å²) in [6, 6.07) is 0.325. The summed E-state index contributed by atoms with van der Waals surface area (Å²) >= 11 is 0. The van der Waals surface area contributed by atoms with Gasteiger partial charge in [-0.25, -0.2) is 18.6 Å². The number of halogens is 2. The highest BCUT2D eigenvalue weighted by Crippen LogP contribution is 2.41. The Morgan fingerprint density at radius 1 is 1.52 bits per heavy atom. The number of nitrogens with two attached hydrogens (primary N) is 1. The molecule has 0 amide bonds. The average molecular weight is 435 g/mol. The summed E-state index contributed by atoms with van der Waals surface area (Å²) in [5.74, 6) is -2.29. The first-order valence-electron chi connectivity index (χ1n) is 9.97. The Balaban J connectivity index is 1.85. The van der Waals surface area contributed by atoms with Crippen molar-refractivity contribution in [1.82, 2.24) is 9.55 Å². The number of carboxylic acids is 1. The van der Waals surface area contributed by atoms with Gasteiger partial charge in [-0.05, 0) is 13.0 Å². The molecule has 3 N–H and O–H groups in total. The Hall–Kier alpha value is -3.08. The summed E-state index contributed by atoms with van der Waals surface area (Å²) in [6.07, 6.45) is 0.0767. The van der Waals surface area contributed by atoms with Crippen molar-refractivity contribution in [1.29, 1.82) is 0 Å². The number of alkyl halides is 1. The molecule has 9 nitrogen and oxygen atoms in total. The highest BCUT2D eigenvalue weighted by atomic mass is 19.1. The van der Waals surface area contributed by atoms with Gasteiger partial charge in [-0.2, -0.15) is 0 Å². The zero-order chi connectivity index (χ0) is 22.5. The second-order valence-electron chi connectivity index (χ2n) is 8.14. The molecule has 3 heterocycles. The monoisotopic (exact) mass is 435 g/mol. The highest BCUT2D eigenvalue weighted by Gasteiger charge is 2.43. The molecule has 166 valence electrons. The number of hydrogen-bond acceptors (Lipinski definition) is 7.